The average Bonchev–Trinajstić information content (AvgIpc) is 2.38. The average molecular weight is 271 g/mol. The van der Waals surface area contributed by atoms with E-state index >= 15 is 0 Å². The molecule has 1 aromatic carbocycles. The molecule has 1 heterocycles. The van der Waals surface area contributed by atoms with Crippen LogP contribution in [0, 0.1) is 6.92 Å². The highest BCUT2D eigenvalue weighted by Gasteiger charge is 2.28. The number of anilines is 1. The van der Waals surface area contributed by atoms with E-state index in [0.29, 0.717) is 11.5 Å². The van der Waals surface area contributed by atoms with Crippen LogP contribution in [0.2, 0.25) is 0 Å². The van der Waals surface area contributed by atoms with Crippen LogP contribution in [0.1, 0.15) is 41.3 Å². The quantitative estimate of drug-likeness (QED) is 0.894. The van der Waals surface area contributed by atoms with Crippen LogP contribution in [0.3, 0.4) is 0 Å². The summed E-state index contributed by atoms with van der Waals surface area (Å²) in [4.78, 5) is 19.6. The van der Waals surface area contributed by atoms with Crippen LogP contribution in [0.15, 0.2) is 30.3 Å². The summed E-state index contributed by atoms with van der Waals surface area (Å²) in [6.07, 6.45) is 0. The number of hydrogen-bond donors (Lipinski definition) is 2. The van der Waals surface area contributed by atoms with Gasteiger partial charge in [0.15, 0.2) is 0 Å². The second-order valence-electron chi connectivity index (χ2n) is 5.19. The number of nitrogens with two attached hydrogens (primary N) is 1. The van der Waals surface area contributed by atoms with E-state index < -0.39 is 11.4 Å². The van der Waals surface area contributed by atoms with Crippen molar-refractivity contribution >= 4 is 11.8 Å². The van der Waals surface area contributed by atoms with Crippen LogP contribution in [-0.2, 0) is 5.41 Å². The van der Waals surface area contributed by atoms with E-state index in [-0.39, 0.29) is 11.4 Å². The van der Waals surface area contributed by atoms with Gasteiger partial charge in [-0.1, -0.05) is 30.3 Å². The largest absolute Gasteiger partial charge is 0.477 e. The molecular formula is C15H17N3O2. The molecule has 0 aliphatic heterocycles. The Balaban J connectivity index is 2.57. The van der Waals surface area contributed by atoms with Gasteiger partial charge in [0.05, 0.1) is 5.69 Å². The first kappa shape index (κ1) is 14.0. The van der Waals surface area contributed by atoms with Gasteiger partial charge in [-0.3, -0.25) is 0 Å². The van der Waals surface area contributed by atoms with E-state index in [9.17, 15) is 4.79 Å². The summed E-state index contributed by atoms with van der Waals surface area (Å²) in [5.74, 6) is -0.586. The van der Waals surface area contributed by atoms with Crippen LogP contribution in [0.5, 0.6) is 0 Å². The zero-order chi connectivity index (χ0) is 14.9. The van der Waals surface area contributed by atoms with Gasteiger partial charge < -0.3 is 10.8 Å². The molecular weight excluding hydrogens is 254 g/mol. The van der Waals surface area contributed by atoms with Crippen molar-refractivity contribution in [3.05, 3.63) is 53.0 Å². The molecule has 5 heteroatoms. The van der Waals surface area contributed by atoms with Gasteiger partial charge in [-0.2, -0.15) is 0 Å². The van der Waals surface area contributed by atoms with Gasteiger partial charge in [-0.15, -0.1) is 0 Å². The lowest BCUT2D eigenvalue weighted by Gasteiger charge is -2.24. The molecule has 0 aliphatic carbocycles. The van der Waals surface area contributed by atoms with Crippen molar-refractivity contribution in [3.8, 4) is 0 Å². The molecule has 20 heavy (non-hydrogen) atoms. The van der Waals surface area contributed by atoms with Gasteiger partial charge in [0.2, 0.25) is 0 Å². The molecule has 5 nitrogen and oxygen atoms in total. The molecule has 0 aliphatic rings. The molecule has 0 atom stereocenters. The molecule has 2 aromatic rings. The fraction of sp³-hybridized carbons (Fsp3) is 0.267. The van der Waals surface area contributed by atoms with E-state index in [1.165, 1.54) is 0 Å². The highest BCUT2D eigenvalue weighted by Crippen LogP contribution is 2.30. The Bertz CT molecular complexity index is 628. The number of carboxylic acid groups (broad SMARTS) is 1. The highest BCUT2D eigenvalue weighted by atomic mass is 16.4. The summed E-state index contributed by atoms with van der Waals surface area (Å²) >= 11 is 0. The number of benzene rings is 1. The molecule has 1 aromatic heterocycles. The van der Waals surface area contributed by atoms with Gasteiger partial charge in [0.25, 0.3) is 0 Å². The molecule has 0 spiro atoms. The molecule has 2 rings (SSSR count). The lowest BCUT2D eigenvalue weighted by Crippen LogP contribution is -2.25. The van der Waals surface area contributed by atoms with Crippen molar-refractivity contribution in [2.24, 2.45) is 0 Å². The molecule has 0 radical (unpaired) electrons. The normalized spacial score (nSPS) is 11.3. The summed E-state index contributed by atoms with van der Waals surface area (Å²) in [7, 11) is 0. The third-order valence-electron chi connectivity index (χ3n) is 3.39. The summed E-state index contributed by atoms with van der Waals surface area (Å²) in [5.41, 5.74) is 6.71. The third-order valence-corrected chi connectivity index (χ3v) is 3.39. The minimum absolute atomic E-state index is 0.00371. The molecule has 3 N–H and O–H groups in total. The van der Waals surface area contributed by atoms with E-state index in [1.54, 1.807) is 6.92 Å². The van der Waals surface area contributed by atoms with Gasteiger partial charge in [-0.25, -0.2) is 14.8 Å². The molecule has 0 saturated heterocycles. The standard InChI is InChI=1S/C15H17N3O2/c1-9-11(13(19)20)12(16)18-14(17-9)15(2,3)10-7-5-4-6-8-10/h4-8H,1-3H3,(H,19,20)(H2,16,17,18). The van der Waals surface area contributed by atoms with E-state index in [2.05, 4.69) is 9.97 Å². The Morgan fingerprint density at radius 2 is 1.80 bits per heavy atom. The Morgan fingerprint density at radius 1 is 1.20 bits per heavy atom. The number of aryl methyl sites for hydroxylation is 1. The minimum Gasteiger partial charge on any atom is -0.477 e. The van der Waals surface area contributed by atoms with Gasteiger partial charge >= 0.3 is 5.97 Å². The molecule has 0 amide bonds. The molecule has 0 unspecified atom stereocenters. The van der Waals surface area contributed by atoms with E-state index in [0.717, 1.165) is 5.56 Å². The van der Waals surface area contributed by atoms with Crippen LogP contribution in [0.25, 0.3) is 0 Å². The van der Waals surface area contributed by atoms with Crippen LogP contribution >= 0.6 is 0 Å². The number of nitrogen functional groups attached to an aromatic ring is 1. The number of nitrogens with zero attached hydrogens (tertiary/aromatic N) is 2. The number of hydrogen-bond acceptors (Lipinski definition) is 4. The molecule has 0 saturated carbocycles. The topological polar surface area (TPSA) is 89.1 Å². The fourth-order valence-electron chi connectivity index (χ4n) is 2.12. The summed E-state index contributed by atoms with van der Waals surface area (Å²) < 4.78 is 0. The number of aromatic nitrogens is 2. The van der Waals surface area contributed by atoms with E-state index in [4.69, 9.17) is 10.8 Å². The van der Waals surface area contributed by atoms with Gasteiger partial charge in [0, 0.05) is 5.41 Å². The first-order valence-electron chi connectivity index (χ1n) is 6.27. The van der Waals surface area contributed by atoms with Crippen molar-refractivity contribution < 1.29 is 9.90 Å². The van der Waals surface area contributed by atoms with Crippen LogP contribution < -0.4 is 5.73 Å². The molecule has 0 fully saturated rings. The van der Waals surface area contributed by atoms with Crippen LogP contribution in [-0.4, -0.2) is 21.0 Å². The highest BCUT2D eigenvalue weighted by molar-refractivity contribution is 5.93. The second kappa shape index (κ2) is 4.92. The number of carboxylic acids is 1. The zero-order valence-electron chi connectivity index (χ0n) is 11.7. The predicted molar refractivity (Wildman–Crippen MR) is 76.7 cm³/mol. The third kappa shape index (κ3) is 2.34. The van der Waals surface area contributed by atoms with E-state index in [1.807, 2.05) is 44.2 Å². The Labute approximate surface area is 117 Å². The monoisotopic (exact) mass is 271 g/mol. The van der Waals surface area contributed by atoms with Crippen molar-refractivity contribution in [2.75, 3.05) is 5.73 Å². The maximum atomic E-state index is 11.1. The van der Waals surface area contributed by atoms with Crippen molar-refractivity contribution in [1.82, 2.24) is 9.97 Å². The van der Waals surface area contributed by atoms with Crippen LogP contribution in [0.4, 0.5) is 5.82 Å². The SMILES string of the molecule is Cc1nc(C(C)(C)c2ccccc2)nc(N)c1C(=O)O. The number of rotatable bonds is 3. The number of aromatic carboxylic acids is 1. The van der Waals surface area contributed by atoms with Crippen molar-refractivity contribution in [2.45, 2.75) is 26.2 Å². The first-order valence-corrected chi connectivity index (χ1v) is 6.27. The Hall–Kier alpha value is -2.43. The Kier molecular flexibility index (Phi) is 3.44. The maximum Gasteiger partial charge on any atom is 0.341 e. The predicted octanol–water partition coefficient (Wildman–Crippen LogP) is 2.39. The van der Waals surface area contributed by atoms with Crippen molar-refractivity contribution in [1.29, 1.82) is 0 Å². The maximum absolute atomic E-state index is 11.1. The molecule has 0 bridgehead atoms. The lowest BCUT2D eigenvalue weighted by atomic mass is 9.83. The first-order chi connectivity index (χ1) is 9.34. The molecule has 104 valence electrons. The summed E-state index contributed by atoms with van der Waals surface area (Å²) in [6.45, 7) is 5.60. The number of carbonyl (C=O) groups is 1. The smallest absolute Gasteiger partial charge is 0.341 e. The van der Waals surface area contributed by atoms with Gasteiger partial charge in [-0.05, 0) is 26.3 Å². The summed E-state index contributed by atoms with van der Waals surface area (Å²) in [5, 5.41) is 9.10. The minimum atomic E-state index is -1.11. The fourth-order valence-corrected chi connectivity index (χ4v) is 2.12. The van der Waals surface area contributed by atoms with Crippen molar-refractivity contribution in [3.63, 3.8) is 0 Å². The lowest BCUT2D eigenvalue weighted by molar-refractivity contribution is 0.0696. The van der Waals surface area contributed by atoms with Gasteiger partial charge in [0.1, 0.15) is 17.2 Å². The Morgan fingerprint density at radius 3 is 2.30 bits per heavy atom. The second-order valence-corrected chi connectivity index (χ2v) is 5.19. The summed E-state index contributed by atoms with van der Waals surface area (Å²) in [6, 6.07) is 9.80. The zero-order valence-corrected chi connectivity index (χ0v) is 11.7.